The molecule has 7 heteroatoms. The van der Waals surface area contributed by atoms with Crippen molar-refractivity contribution in [3.63, 3.8) is 0 Å². The second-order valence-electron chi connectivity index (χ2n) is 6.34. The number of H-pyrrole nitrogens is 1. The summed E-state index contributed by atoms with van der Waals surface area (Å²) in [7, 11) is 0. The van der Waals surface area contributed by atoms with Crippen molar-refractivity contribution in [2.45, 2.75) is 6.54 Å². The maximum atomic E-state index is 4.65. The van der Waals surface area contributed by atoms with E-state index >= 15 is 0 Å². The summed E-state index contributed by atoms with van der Waals surface area (Å²) < 4.78 is 0. The minimum atomic E-state index is 0.444. The Bertz CT molecular complexity index is 1240. The monoisotopic (exact) mass is 367 g/mol. The molecule has 7 nitrogen and oxygen atoms in total. The van der Waals surface area contributed by atoms with Crippen LogP contribution in [-0.4, -0.2) is 24.9 Å². The summed E-state index contributed by atoms with van der Waals surface area (Å²) in [6.07, 6.45) is 3.39. The van der Waals surface area contributed by atoms with Crippen LogP contribution in [0.5, 0.6) is 0 Å². The van der Waals surface area contributed by atoms with Gasteiger partial charge in [-0.1, -0.05) is 54.6 Å². The van der Waals surface area contributed by atoms with Crippen LogP contribution in [0.15, 0.2) is 73.2 Å². The van der Waals surface area contributed by atoms with Crippen LogP contribution in [0.25, 0.3) is 21.9 Å². The molecule has 5 rings (SSSR count). The van der Waals surface area contributed by atoms with Gasteiger partial charge in [-0.25, -0.2) is 9.97 Å². The highest BCUT2D eigenvalue weighted by molar-refractivity contribution is 5.93. The number of aromatic nitrogens is 5. The molecule has 0 aliphatic carbocycles. The number of rotatable bonds is 5. The van der Waals surface area contributed by atoms with Gasteiger partial charge in [0, 0.05) is 18.1 Å². The smallest absolute Gasteiger partial charge is 0.232 e. The first-order valence-electron chi connectivity index (χ1n) is 8.96. The highest BCUT2D eigenvalue weighted by atomic mass is 15.2. The lowest BCUT2D eigenvalue weighted by Crippen LogP contribution is -2.06. The maximum Gasteiger partial charge on any atom is 0.232 e. The van der Waals surface area contributed by atoms with E-state index in [-0.39, 0.29) is 0 Å². The molecule has 3 aromatic heterocycles. The lowest BCUT2D eigenvalue weighted by molar-refractivity contribution is 1.10. The number of hydrogen-bond acceptors (Lipinski definition) is 6. The Morgan fingerprint density at radius 3 is 2.61 bits per heavy atom. The lowest BCUT2D eigenvalue weighted by atomic mass is 10.1. The summed E-state index contributed by atoms with van der Waals surface area (Å²) in [5.41, 5.74) is 2.53. The number of hydrogen-bond donors (Lipinski definition) is 3. The number of nitrogens with one attached hydrogen (secondary N) is 3. The molecule has 0 fully saturated rings. The van der Waals surface area contributed by atoms with E-state index in [0.29, 0.717) is 29.8 Å². The van der Waals surface area contributed by atoms with E-state index in [1.807, 2.05) is 48.5 Å². The Morgan fingerprint density at radius 1 is 0.821 bits per heavy atom. The average molecular weight is 367 g/mol. The molecule has 28 heavy (non-hydrogen) atoms. The Morgan fingerprint density at radius 2 is 1.68 bits per heavy atom. The second kappa shape index (κ2) is 6.96. The van der Waals surface area contributed by atoms with Crippen LogP contribution >= 0.6 is 0 Å². The number of nitrogens with zero attached hydrogens (tertiary/aromatic N) is 4. The first-order valence-corrected chi connectivity index (χ1v) is 8.96. The van der Waals surface area contributed by atoms with E-state index in [2.05, 4.69) is 47.7 Å². The van der Waals surface area contributed by atoms with E-state index in [1.165, 1.54) is 5.56 Å². The molecule has 3 heterocycles. The van der Waals surface area contributed by atoms with Gasteiger partial charge in [-0.2, -0.15) is 9.97 Å². The van der Waals surface area contributed by atoms with Gasteiger partial charge in [-0.3, -0.25) is 0 Å². The lowest BCUT2D eigenvalue weighted by Gasteiger charge is -2.10. The van der Waals surface area contributed by atoms with Crippen molar-refractivity contribution in [2.24, 2.45) is 0 Å². The number of aromatic amines is 1. The van der Waals surface area contributed by atoms with Crippen LogP contribution in [0.1, 0.15) is 5.56 Å². The van der Waals surface area contributed by atoms with Gasteiger partial charge >= 0.3 is 0 Å². The third-order valence-corrected chi connectivity index (χ3v) is 4.49. The third-order valence-electron chi connectivity index (χ3n) is 4.49. The molecule has 0 saturated heterocycles. The highest BCUT2D eigenvalue weighted by Crippen LogP contribution is 2.25. The quantitative estimate of drug-likeness (QED) is 0.430. The molecular weight excluding hydrogens is 350 g/mol. The molecule has 136 valence electrons. The molecule has 2 aromatic carbocycles. The Balaban J connectivity index is 1.49. The molecule has 0 spiro atoms. The van der Waals surface area contributed by atoms with Crippen LogP contribution in [0.3, 0.4) is 0 Å². The van der Waals surface area contributed by atoms with Crippen molar-refractivity contribution in [1.82, 2.24) is 24.9 Å². The zero-order valence-corrected chi connectivity index (χ0v) is 14.9. The molecule has 0 aliphatic rings. The fourth-order valence-corrected chi connectivity index (χ4v) is 3.12. The first-order chi connectivity index (χ1) is 13.9. The van der Waals surface area contributed by atoms with E-state index < -0.39 is 0 Å². The molecular formula is C21H17N7. The average Bonchev–Trinajstić information content (AvgIpc) is 3.22. The van der Waals surface area contributed by atoms with E-state index in [4.69, 9.17) is 0 Å². The van der Waals surface area contributed by atoms with Crippen molar-refractivity contribution in [3.8, 4) is 0 Å². The van der Waals surface area contributed by atoms with E-state index in [1.54, 1.807) is 12.5 Å². The SMILES string of the molecule is c1ccc(CNc2nc(Nc3nccc4ccccc34)nc3nc[nH]c23)cc1. The number of imidazole rings is 1. The summed E-state index contributed by atoms with van der Waals surface area (Å²) in [4.78, 5) is 21.0. The Hall–Kier alpha value is -4.00. The summed E-state index contributed by atoms with van der Waals surface area (Å²) in [5, 5.41) is 8.72. The predicted octanol–water partition coefficient (Wildman–Crippen LogP) is 4.26. The maximum absolute atomic E-state index is 4.65. The van der Waals surface area contributed by atoms with Crippen LogP contribution in [0, 0.1) is 0 Å². The zero-order valence-electron chi connectivity index (χ0n) is 14.9. The topological polar surface area (TPSA) is 91.4 Å². The van der Waals surface area contributed by atoms with Crippen molar-refractivity contribution < 1.29 is 0 Å². The van der Waals surface area contributed by atoms with Crippen molar-refractivity contribution in [3.05, 3.63) is 78.8 Å². The highest BCUT2D eigenvalue weighted by Gasteiger charge is 2.11. The minimum absolute atomic E-state index is 0.444. The van der Waals surface area contributed by atoms with Gasteiger partial charge in [-0.15, -0.1) is 0 Å². The standard InChI is InChI=1S/C21H17N7/c1-2-6-14(7-3-1)12-23-19-17-20(25-13-24-17)28-21(27-19)26-18-16-9-5-4-8-15(16)10-11-22-18/h1-11,13H,12H2,(H3,22,23,24,25,26,27,28). The molecule has 3 N–H and O–H groups in total. The molecule has 0 aliphatic heterocycles. The van der Waals surface area contributed by atoms with E-state index in [9.17, 15) is 0 Å². The van der Waals surface area contributed by atoms with Gasteiger partial charge in [0.25, 0.3) is 0 Å². The van der Waals surface area contributed by atoms with Crippen LogP contribution in [0.4, 0.5) is 17.6 Å². The summed E-state index contributed by atoms with van der Waals surface area (Å²) in [6.45, 7) is 0.651. The number of pyridine rings is 1. The molecule has 0 amide bonds. The molecule has 0 radical (unpaired) electrons. The summed E-state index contributed by atoms with van der Waals surface area (Å²) in [5.74, 6) is 1.84. The Labute approximate surface area is 160 Å². The van der Waals surface area contributed by atoms with Gasteiger partial charge in [0.1, 0.15) is 11.3 Å². The predicted molar refractivity (Wildman–Crippen MR) is 110 cm³/mol. The zero-order chi connectivity index (χ0) is 18.8. The first kappa shape index (κ1) is 16.2. The Kier molecular flexibility index (Phi) is 4.02. The fraction of sp³-hybridized carbons (Fsp3) is 0.0476. The minimum Gasteiger partial charge on any atom is -0.364 e. The van der Waals surface area contributed by atoms with Crippen molar-refractivity contribution in [2.75, 3.05) is 10.6 Å². The van der Waals surface area contributed by atoms with Crippen LogP contribution in [-0.2, 0) is 6.54 Å². The number of benzene rings is 2. The number of anilines is 3. The molecule has 0 saturated carbocycles. The van der Waals surface area contributed by atoms with Crippen molar-refractivity contribution in [1.29, 1.82) is 0 Å². The number of fused-ring (bicyclic) bond motifs is 2. The van der Waals surface area contributed by atoms with Gasteiger partial charge in [-0.05, 0) is 17.0 Å². The molecule has 0 unspecified atom stereocenters. The van der Waals surface area contributed by atoms with Crippen LogP contribution in [0.2, 0.25) is 0 Å². The largest absolute Gasteiger partial charge is 0.364 e. The molecule has 0 bridgehead atoms. The molecule has 5 aromatic rings. The summed E-state index contributed by atoms with van der Waals surface area (Å²) in [6, 6.07) is 20.2. The van der Waals surface area contributed by atoms with Crippen LogP contribution < -0.4 is 10.6 Å². The second-order valence-corrected chi connectivity index (χ2v) is 6.34. The third kappa shape index (κ3) is 3.09. The van der Waals surface area contributed by atoms with Gasteiger partial charge < -0.3 is 15.6 Å². The fourth-order valence-electron chi connectivity index (χ4n) is 3.12. The summed E-state index contributed by atoms with van der Waals surface area (Å²) >= 11 is 0. The van der Waals surface area contributed by atoms with Gasteiger partial charge in [0.2, 0.25) is 5.95 Å². The van der Waals surface area contributed by atoms with Gasteiger partial charge in [0.15, 0.2) is 11.5 Å². The van der Waals surface area contributed by atoms with Crippen molar-refractivity contribution >= 4 is 39.5 Å². The normalized spacial score (nSPS) is 11.0. The van der Waals surface area contributed by atoms with Gasteiger partial charge in [0.05, 0.1) is 6.33 Å². The van der Waals surface area contributed by atoms with E-state index in [0.717, 1.165) is 16.3 Å². The molecule has 0 atom stereocenters.